The van der Waals surface area contributed by atoms with Gasteiger partial charge in [0, 0.05) is 68.2 Å². The topological polar surface area (TPSA) is 95.2 Å². The number of nitriles is 4. The minimum atomic E-state index is 0.516. The van der Waals surface area contributed by atoms with Gasteiger partial charge in [0.15, 0.2) is 0 Å². The fraction of sp³-hybridized carbons (Fsp3) is 0.364. The molecule has 10 heteroatoms. The molecule has 0 bridgehead atoms. The Morgan fingerprint density at radius 3 is 1.28 bits per heavy atom. The molecule has 0 saturated carbocycles. The van der Waals surface area contributed by atoms with Gasteiger partial charge in [-0.05, 0) is 24.3 Å². The third-order valence-electron chi connectivity index (χ3n) is 3.62. The molecule has 2 rings (SSSR count). The van der Waals surface area contributed by atoms with Gasteiger partial charge in [-0.15, -0.1) is 69.7 Å². The van der Waals surface area contributed by atoms with Crippen molar-refractivity contribution in [1.82, 2.24) is 0 Å². The molecule has 0 radical (unpaired) electrons. The fourth-order valence-electron chi connectivity index (χ4n) is 2.27. The number of nitrogens with zero attached hydrogens (tertiary/aromatic N) is 4. The van der Waals surface area contributed by atoms with Crippen LogP contribution in [0.3, 0.4) is 0 Å². The Bertz CT molecular complexity index is 899. The van der Waals surface area contributed by atoms with Gasteiger partial charge in [-0.2, -0.15) is 21.0 Å². The Morgan fingerprint density at radius 2 is 0.938 bits per heavy atom. The average Bonchev–Trinajstić information content (AvgIpc) is 3.37. The zero-order valence-electron chi connectivity index (χ0n) is 17.2. The Kier molecular flexibility index (Phi) is 13.5. The summed E-state index contributed by atoms with van der Waals surface area (Å²) >= 11 is 10.2. The second kappa shape index (κ2) is 16.2. The maximum absolute atomic E-state index is 8.82. The Morgan fingerprint density at radius 1 is 0.594 bits per heavy atom. The van der Waals surface area contributed by atoms with E-state index in [1.165, 1.54) is 18.2 Å². The van der Waals surface area contributed by atoms with Gasteiger partial charge in [0.1, 0.15) is 0 Å². The summed E-state index contributed by atoms with van der Waals surface area (Å²) < 4.78 is 2.41. The Labute approximate surface area is 214 Å². The van der Waals surface area contributed by atoms with Gasteiger partial charge < -0.3 is 0 Å². The minimum Gasteiger partial charge on any atom is -0.198 e. The van der Waals surface area contributed by atoms with E-state index in [9.17, 15) is 0 Å². The van der Waals surface area contributed by atoms with Crippen LogP contribution in [0.5, 0.6) is 0 Å². The lowest BCUT2D eigenvalue weighted by atomic mass is 10.3. The van der Waals surface area contributed by atoms with Crippen LogP contribution in [0.15, 0.2) is 30.3 Å². The first-order chi connectivity index (χ1) is 15.7. The van der Waals surface area contributed by atoms with Gasteiger partial charge in [-0.25, -0.2) is 0 Å². The van der Waals surface area contributed by atoms with Crippen LogP contribution in [-0.2, 0) is 0 Å². The van der Waals surface area contributed by atoms with Crippen molar-refractivity contribution in [2.45, 2.75) is 43.9 Å². The van der Waals surface area contributed by atoms with Crippen LogP contribution in [0.1, 0.15) is 35.4 Å². The van der Waals surface area contributed by atoms with Crippen molar-refractivity contribution in [1.29, 1.82) is 21.0 Å². The third kappa shape index (κ3) is 9.55. The van der Waals surface area contributed by atoms with Crippen LogP contribution < -0.4 is 0 Å². The SMILES string of the molecule is N#CCCSc1cc(/C=C/c2cc(SCCC#N)c(SCCC#N)s2)sc1SCCC#N. The molecule has 164 valence electrons. The van der Waals surface area contributed by atoms with Crippen LogP contribution in [0.25, 0.3) is 12.2 Å². The maximum atomic E-state index is 8.82. The van der Waals surface area contributed by atoms with E-state index >= 15 is 0 Å². The highest BCUT2D eigenvalue weighted by Crippen LogP contribution is 2.41. The van der Waals surface area contributed by atoms with E-state index in [1.54, 1.807) is 69.7 Å². The van der Waals surface area contributed by atoms with E-state index in [1.807, 2.05) is 0 Å². The van der Waals surface area contributed by atoms with Gasteiger partial charge >= 0.3 is 0 Å². The molecule has 2 aromatic rings. The van der Waals surface area contributed by atoms with Gasteiger partial charge in [0.2, 0.25) is 0 Å². The van der Waals surface area contributed by atoms with Crippen LogP contribution in [0.2, 0.25) is 0 Å². The monoisotopic (exact) mass is 532 g/mol. The van der Waals surface area contributed by atoms with Gasteiger partial charge in [0.05, 0.1) is 32.7 Å². The third-order valence-corrected chi connectivity index (χ3v) is 11.0. The summed E-state index contributed by atoms with van der Waals surface area (Å²) in [6.45, 7) is 0. The number of rotatable bonds is 14. The number of thiophene rings is 2. The molecule has 0 aromatic carbocycles. The van der Waals surface area contributed by atoms with Crippen molar-refractivity contribution in [2.24, 2.45) is 0 Å². The van der Waals surface area contributed by atoms with E-state index in [0.717, 1.165) is 32.8 Å². The van der Waals surface area contributed by atoms with Gasteiger partial charge in [0.25, 0.3) is 0 Å². The standard InChI is InChI=1S/C22H20N4S6/c23-7-1-11-27-19-15-17(31-21(19)29-13-3-9-25)5-6-18-16-20(28-12-2-8-24)22(32-18)30-14-4-10-26/h5-6,15-16H,1-4,11-14H2/b6-5+. The summed E-state index contributed by atoms with van der Waals surface area (Å²) in [5, 5.41) is 35.3. The molecular weight excluding hydrogens is 513 g/mol. The molecule has 2 heterocycles. The van der Waals surface area contributed by atoms with Crippen LogP contribution in [-0.4, -0.2) is 23.0 Å². The summed E-state index contributed by atoms with van der Waals surface area (Å²) in [7, 11) is 0. The lowest BCUT2D eigenvalue weighted by Gasteiger charge is -1.99. The highest BCUT2D eigenvalue weighted by Gasteiger charge is 2.11. The quantitative estimate of drug-likeness (QED) is 0.178. The first-order valence-electron chi connectivity index (χ1n) is 9.66. The number of hydrogen-bond donors (Lipinski definition) is 0. The molecule has 0 unspecified atom stereocenters. The van der Waals surface area contributed by atoms with Crippen molar-refractivity contribution in [3.05, 3.63) is 21.9 Å². The van der Waals surface area contributed by atoms with Crippen molar-refractivity contribution in [2.75, 3.05) is 23.0 Å². The van der Waals surface area contributed by atoms with E-state index < -0.39 is 0 Å². The molecule has 0 saturated heterocycles. The summed E-state index contributed by atoms with van der Waals surface area (Å²) in [4.78, 5) is 4.66. The Hall–Kier alpha value is -1.50. The van der Waals surface area contributed by atoms with Crippen molar-refractivity contribution >= 4 is 81.9 Å². The predicted octanol–water partition coefficient (Wildman–Crippen LogP) is 8.00. The molecule has 0 aliphatic rings. The second-order valence-electron chi connectivity index (χ2n) is 5.96. The number of hydrogen-bond acceptors (Lipinski definition) is 10. The molecule has 0 N–H and O–H groups in total. The predicted molar refractivity (Wildman–Crippen MR) is 141 cm³/mol. The van der Waals surface area contributed by atoms with E-state index in [0.29, 0.717) is 25.7 Å². The van der Waals surface area contributed by atoms with Crippen molar-refractivity contribution in [3.8, 4) is 24.3 Å². The molecule has 0 aliphatic carbocycles. The first kappa shape index (κ1) is 26.7. The van der Waals surface area contributed by atoms with Gasteiger partial charge in [-0.3, -0.25) is 0 Å². The zero-order chi connectivity index (χ0) is 23.0. The highest BCUT2D eigenvalue weighted by molar-refractivity contribution is 8.04. The second-order valence-corrected chi connectivity index (χ2v) is 13.1. The molecule has 0 atom stereocenters. The van der Waals surface area contributed by atoms with E-state index in [2.05, 4.69) is 48.6 Å². The maximum Gasteiger partial charge on any atom is 0.0741 e. The minimum absolute atomic E-state index is 0.516. The van der Waals surface area contributed by atoms with Crippen molar-refractivity contribution in [3.63, 3.8) is 0 Å². The highest BCUT2D eigenvalue weighted by atomic mass is 32.2. The van der Waals surface area contributed by atoms with Gasteiger partial charge in [-0.1, -0.05) is 0 Å². The number of thioether (sulfide) groups is 4. The van der Waals surface area contributed by atoms with E-state index in [4.69, 9.17) is 21.0 Å². The summed E-state index contributed by atoms with van der Waals surface area (Å²) in [5.41, 5.74) is 0. The molecule has 0 fully saturated rings. The molecule has 0 spiro atoms. The van der Waals surface area contributed by atoms with Crippen molar-refractivity contribution < 1.29 is 0 Å². The summed E-state index contributed by atoms with van der Waals surface area (Å²) in [6, 6.07) is 13.1. The molecule has 0 aliphatic heterocycles. The summed E-state index contributed by atoms with van der Waals surface area (Å²) in [6.07, 6.45) is 6.30. The Balaban J connectivity index is 2.15. The normalized spacial score (nSPS) is 10.5. The van der Waals surface area contributed by atoms with E-state index in [-0.39, 0.29) is 0 Å². The molecule has 2 aromatic heterocycles. The zero-order valence-corrected chi connectivity index (χ0v) is 22.1. The summed E-state index contributed by atoms with van der Waals surface area (Å²) in [5.74, 6) is 3.06. The molecular formula is C22H20N4S6. The molecule has 32 heavy (non-hydrogen) atoms. The van der Waals surface area contributed by atoms with Crippen LogP contribution in [0.4, 0.5) is 0 Å². The molecule has 4 nitrogen and oxygen atoms in total. The molecule has 0 amide bonds. The van der Waals surface area contributed by atoms with Crippen LogP contribution >= 0.6 is 69.7 Å². The lowest BCUT2D eigenvalue weighted by molar-refractivity contribution is 1.22. The first-order valence-corrected chi connectivity index (χ1v) is 15.2. The fourth-order valence-corrected chi connectivity index (χ4v) is 9.30. The largest absolute Gasteiger partial charge is 0.198 e. The lowest BCUT2D eigenvalue weighted by Crippen LogP contribution is -1.78. The smallest absolute Gasteiger partial charge is 0.0741 e. The van der Waals surface area contributed by atoms with Crippen LogP contribution in [0, 0.1) is 45.3 Å². The average molecular weight is 533 g/mol.